The predicted octanol–water partition coefficient (Wildman–Crippen LogP) is 3.04. The van der Waals surface area contributed by atoms with Crippen LogP contribution in [0.1, 0.15) is 42.1 Å². The van der Waals surface area contributed by atoms with E-state index in [0.717, 1.165) is 53.8 Å². The number of aryl methyl sites for hydroxylation is 1. The van der Waals surface area contributed by atoms with Crippen molar-refractivity contribution in [2.45, 2.75) is 44.8 Å². The van der Waals surface area contributed by atoms with Crippen LogP contribution in [0.15, 0.2) is 36.0 Å². The molecule has 0 saturated carbocycles. The number of allylic oxidation sites excluding steroid dienone is 2. The molecule has 0 fully saturated rings. The second-order valence-corrected chi connectivity index (χ2v) is 8.36. The maximum Gasteiger partial charge on any atom is 0.214 e. The van der Waals surface area contributed by atoms with Crippen molar-refractivity contribution in [2.75, 3.05) is 5.73 Å². The van der Waals surface area contributed by atoms with Crippen molar-refractivity contribution in [3.63, 3.8) is 0 Å². The Hall–Kier alpha value is -2.44. The number of pyridine rings is 1. The lowest BCUT2D eigenvalue weighted by Gasteiger charge is -2.34. The molecule has 1 aromatic carbocycles. The van der Waals surface area contributed by atoms with Gasteiger partial charge >= 0.3 is 0 Å². The summed E-state index contributed by atoms with van der Waals surface area (Å²) in [6.45, 7) is 0.710. The number of anilines is 1. The fraction of sp³-hybridized carbons (Fsp3) is 0.381. The van der Waals surface area contributed by atoms with Gasteiger partial charge in [-0.2, -0.15) is 0 Å². The summed E-state index contributed by atoms with van der Waals surface area (Å²) in [6.07, 6.45) is 8.37. The number of hydrogen-bond donors (Lipinski definition) is 2. The molecule has 2 aliphatic rings. The van der Waals surface area contributed by atoms with E-state index >= 15 is 0 Å². The fourth-order valence-electron chi connectivity index (χ4n) is 4.84. The number of benzene rings is 1. The standard InChI is InChI=1S/C21H22ClN5O/c22-15-1-2-17-18(9-15)24-19-8-13-5-12(6-14(7-13)20(19)21(17)23)3-4-27-10-16(11-28)25-26-27/h1-2,5,9-10,13-14,28H,3-4,6-8,11H2,(H2,23,24)/p+1. The first-order valence-electron chi connectivity index (χ1n) is 9.73. The second kappa shape index (κ2) is 6.87. The van der Waals surface area contributed by atoms with E-state index < -0.39 is 0 Å². The minimum Gasteiger partial charge on any atom is -0.398 e. The Balaban J connectivity index is 1.41. The molecule has 0 spiro atoms. The molecule has 2 aliphatic carbocycles. The SMILES string of the molecule is Nc1c2c([nH+]c3cc(Cl)ccc13)CC1C=C(CCn3cc(CO)nn3)CC2C1. The highest BCUT2D eigenvalue weighted by Gasteiger charge is 2.36. The highest BCUT2D eigenvalue weighted by atomic mass is 35.5. The molecule has 0 amide bonds. The molecule has 28 heavy (non-hydrogen) atoms. The van der Waals surface area contributed by atoms with E-state index in [2.05, 4.69) is 21.4 Å². The van der Waals surface area contributed by atoms with Gasteiger partial charge in [0, 0.05) is 29.6 Å². The number of hydrogen-bond acceptors (Lipinski definition) is 4. The van der Waals surface area contributed by atoms with Gasteiger partial charge in [0.2, 0.25) is 5.52 Å². The first-order chi connectivity index (χ1) is 13.6. The Labute approximate surface area is 168 Å². The van der Waals surface area contributed by atoms with Crippen molar-refractivity contribution in [2.24, 2.45) is 5.92 Å². The number of fused-ring (bicyclic) bond motifs is 5. The number of aromatic nitrogens is 4. The molecule has 2 aromatic heterocycles. The van der Waals surface area contributed by atoms with E-state index in [0.29, 0.717) is 17.5 Å². The van der Waals surface area contributed by atoms with Crippen LogP contribution in [0.4, 0.5) is 5.69 Å². The minimum atomic E-state index is -0.0709. The number of aliphatic hydroxyl groups excluding tert-OH is 1. The van der Waals surface area contributed by atoms with E-state index in [4.69, 9.17) is 22.4 Å². The van der Waals surface area contributed by atoms with E-state index in [1.54, 1.807) is 0 Å². The minimum absolute atomic E-state index is 0.0709. The van der Waals surface area contributed by atoms with E-state index in [1.165, 1.54) is 16.8 Å². The van der Waals surface area contributed by atoms with Crippen molar-refractivity contribution in [1.29, 1.82) is 0 Å². The van der Waals surface area contributed by atoms with E-state index in [9.17, 15) is 0 Å². The molecule has 144 valence electrons. The van der Waals surface area contributed by atoms with Crippen molar-refractivity contribution in [3.8, 4) is 0 Å². The Kier molecular flexibility index (Phi) is 4.33. The third-order valence-electron chi connectivity index (χ3n) is 6.02. The lowest BCUT2D eigenvalue weighted by Crippen LogP contribution is -2.30. The number of halogens is 1. The van der Waals surface area contributed by atoms with Gasteiger partial charge in [0.15, 0.2) is 5.69 Å². The molecular formula is C21H23ClN5O+. The summed E-state index contributed by atoms with van der Waals surface area (Å²) in [5, 5.41) is 18.9. The maximum absolute atomic E-state index is 9.14. The molecule has 5 rings (SSSR count). The normalized spacial score (nSPS) is 20.9. The highest BCUT2D eigenvalue weighted by molar-refractivity contribution is 6.31. The Morgan fingerprint density at radius 3 is 3.04 bits per heavy atom. The lowest BCUT2D eigenvalue weighted by molar-refractivity contribution is -0.360. The molecule has 2 unspecified atom stereocenters. The third-order valence-corrected chi connectivity index (χ3v) is 6.26. The number of rotatable bonds is 4. The van der Waals surface area contributed by atoms with Crippen LogP contribution in [0.3, 0.4) is 0 Å². The summed E-state index contributed by atoms with van der Waals surface area (Å²) >= 11 is 6.17. The first-order valence-corrected chi connectivity index (χ1v) is 10.1. The van der Waals surface area contributed by atoms with Gasteiger partial charge < -0.3 is 10.8 Å². The van der Waals surface area contributed by atoms with Crippen LogP contribution in [0.5, 0.6) is 0 Å². The Bertz CT molecular complexity index is 1090. The fourth-order valence-corrected chi connectivity index (χ4v) is 5.01. The van der Waals surface area contributed by atoms with Gasteiger partial charge in [-0.1, -0.05) is 28.5 Å². The summed E-state index contributed by atoms with van der Waals surface area (Å²) in [5.41, 5.74) is 13.2. The summed E-state index contributed by atoms with van der Waals surface area (Å²) < 4.78 is 1.81. The van der Waals surface area contributed by atoms with Crippen molar-refractivity contribution in [3.05, 3.63) is 58.0 Å². The molecule has 2 atom stereocenters. The zero-order valence-corrected chi connectivity index (χ0v) is 16.3. The number of H-pyrrole nitrogens is 1. The largest absolute Gasteiger partial charge is 0.398 e. The quantitative estimate of drug-likeness (QED) is 0.663. The van der Waals surface area contributed by atoms with Crippen LogP contribution >= 0.6 is 11.6 Å². The van der Waals surface area contributed by atoms with Gasteiger partial charge in [0.1, 0.15) is 5.69 Å². The lowest BCUT2D eigenvalue weighted by atomic mass is 9.70. The predicted molar refractivity (Wildman–Crippen MR) is 108 cm³/mol. The molecule has 7 heteroatoms. The van der Waals surface area contributed by atoms with Crippen LogP contribution in [0, 0.1) is 5.92 Å². The summed E-state index contributed by atoms with van der Waals surface area (Å²) in [7, 11) is 0. The average molecular weight is 397 g/mol. The second-order valence-electron chi connectivity index (χ2n) is 7.93. The van der Waals surface area contributed by atoms with Gasteiger partial charge in [-0.25, -0.2) is 4.98 Å². The number of nitrogen functional groups attached to an aromatic ring is 1. The molecule has 0 saturated heterocycles. The first kappa shape index (κ1) is 17.6. The smallest absolute Gasteiger partial charge is 0.214 e. The molecule has 0 aliphatic heterocycles. The molecule has 6 nitrogen and oxygen atoms in total. The molecule has 2 bridgehead atoms. The van der Waals surface area contributed by atoms with Crippen LogP contribution in [-0.2, 0) is 19.6 Å². The summed E-state index contributed by atoms with van der Waals surface area (Å²) in [4.78, 5) is 3.60. The molecule has 4 N–H and O–H groups in total. The third kappa shape index (κ3) is 3.06. The maximum atomic E-state index is 9.14. The highest BCUT2D eigenvalue weighted by Crippen LogP contribution is 2.46. The van der Waals surface area contributed by atoms with Crippen LogP contribution in [-0.4, -0.2) is 20.1 Å². The molecule has 2 heterocycles. The number of aromatic amines is 1. The number of nitrogens with two attached hydrogens (primary N) is 1. The van der Waals surface area contributed by atoms with E-state index in [-0.39, 0.29) is 6.61 Å². The molecule has 0 radical (unpaired) electrons. The Morgan fingerprint density at radius 1 is 1.32 bits per heavy atom. The number of nitrogens with zero attached hydrogens (tertiary/aromatic N) is 3. The number of nitrogens with one attached hydrogen (secondary N) is 1. The van der Waals surface area contributed by atoms with Crippen molar-refractivity contribution >= 4 is 28.2 Å². The van der Waals surface area contributed by atoms with Gasteiger partial charge in [-0.3, -0.25) is 4.68 Å². The van der Waals surface area contributed by atoms with E-state index in [1.807, 2.05) is 29.1 Å². The van der Waals surface area contributed by atoms with Crippen LogP contribution in [0.2, 0.25) is 5.02 Å². The van der Waals surface area contributed by atoms with Gasteiger partial charge in [-0.05, 0) is 43.2 Å². The topological polar surface area (TPSA) is 91.1 Å². The zero-order valence-electron chi connectivity index (χ0n) is 15.5. The molecule has 3 aromatic rings. The summed E-state index contributed by atoms with van der Waals surface area (Å²) in [5.74, 6) is 0.992. The summed E-state index contributed by atoms with van der Waals surface area (Å²) in [6, 6.07) is 5.87. The molecular weight excluding hydrogens is 374 g/mol. The van der Waals surface area contributed by atoms with Crippen molar-refractivity contribution in [1.82, 2.24) is 15.0 Å². The van der Waals surface area contributed by atoms with Crippen LogP contribution in [0.25, 0.3) is 10.9 Å². The van der Waals surface area contributed by atoms with Gasteiger partial charge in [0.05, 0.1) is 23.9 Å². The van der Waals surface area contributed by atoms with Gasteiger partial charge in [-0.15, -0.1) is 5.10 Å². The zero-order chi connectivity index (χ0) is 19.3. The number of aliphatic hydroxyl groups is 1. The monoisotopic (exact) mass is 396 g/mol. The van der Waals surface area contributed by atoms with Crippen LogP contribution < -0.4 is 10.7 Å². The Morgan fingerprint density at radius 2 is 2.21 bits per heavy atom. The van der Waals surface area contributed by atoms with Gasteiger partial charge in [0.25, 0.3) is 0 Å². The van der Waals surface area contributed by atoms with Crippen molar-refractivity contribution < 1.29 is 10.1 Å². The average Bonchev–Trinajstić information content (AvgIpc) is 3.14.